The van der Waals surface area contributed by atoms with Crippen molar-refractivity contribution >= 4 is 22.9 Å². The van der Waals surface area contributed by atoms with Gasteiger partial charge >= 0.3 is 0 Å². The fourth-order valence-electron chi connectivity index (χ4n) is 4.50. The average Bonchev–Trinajstić information content (AvgIpc) is 3.41. The van der Waals surface area contributed by atoms with Crippen molar-refractivity contribution in [2.24, 2.45) is 0 Å². The summed E-state index contributed by atoms with van der Waals surface area (Å²) in [5, 5.41) is 10.8. The molecule has 9 nitrogen and oxygen atoms in total. The van der Waals surface area contributed by atoms with Gasteiger partial charge in [-0.3, -0.25) is 4.79 Å². The number of aromatic nitrogens is 4. The molecular weight excluding hydrogens is 478 g/mol. The Hall–Kier alpha value is -4.76. The molecule has 1 aliphatic heterocycles. The highest BCUT2D eigenvalue weighted by atomic mass is 16.5. The fourth-order valence-corrected chi connectivity index (χ4v) is 4.50. The Kier molecular flexibility index (Phi) is 6.65. The molecule has 0 radical (unpaired) electrons. The summed E-state index contributed by atoms with van der Waals surface area (Å²) >= 11 is 0. The van der Waals surface area contributed by atoms with Crippen molar-refractivity contribution in [3.8, 4) is 17.0 Å². The second kappa shape index (κ2) is 10.7. The van der Waals surface area contributed by atoms with E-state index < -0.39 is 0 Å². The Labute approximate surface area is 220 Å². The number of anilines is 2. The summed E-state index contributed by atoms with van der Waals surface area (Å²) in [7, 11) is 0. The maximum absolute atomic E-state index is 13.2. The van der Waals surface area contributed by atoms with E-state index in [-0.39, 0.29) is 5.91 Å². The van der Waals surface area contributed by atoms with Crippen molar-refractivity contribution in [2.45, 2.75) is 6.61 Å². The number of amides is 1. The van der Waals surface area contributed by atoms with Crippen LogP contribution in [0.5, 0.6) is 5.88 Å². The Bertz CT molecular complexity index is 1540. The zero-order chi connectivity index (χ0) is 25.7. The lowest BCUT2D eigenvalue weighted by molar-refractivity contribution is 0.102. The number of carbonyl (C=O) groups excluding carboxylic acids is 1. The number of hydrogen-bond donors (Lipinski definition) is 2. The number of nitrogens with one attached hydrogen (secondary N) is 2. The van der Waals surface area contributed by atoms with Crippen molar-refractivity contribution in [3.05, 3.63) is 103 Å². The standard InChI is InChI=1S/C29H27N7O2/c37-29(34-24-8-4-5-9-26(24)35-16-13-30-14-17-35)25-12-15-36-28(33-25)23(19-32-36)22-10-11-27(31-18-22)38-20-21-6-2-1-3-7-21/h1-12,15,18-19,30H,13-14,16-17,20H2,(H,34,37). The van der Waals surface area contributed by atoms with Gasteiger partial charge < -0.3 is 20.3 Å². The van der Waals surface area contributed by atoms with E-state index >= 15 is 0 Å². The highest BCUT2D eigenvalue weighted by Crippen LogP contribution is 2.27. The van der Waals surface area contributed by atoms with Crippen LogP contribution in [-0.2, 0) is 6.61 Å². The minimum absolute atomic E-state index is 0.273. The highest BCUT2D eigenvalue weighted by molar-refractivity contribution is 6.05. The smallest absolute Gasteiger partial charge is 0.274 e. The zero-order valence-corrected chi connectivity index (χ0v) is 20.7. The van der Waals surface area contributed by atoms with Gasteiger partial charge in [-0.05, 0) is 29.8 Å². The Balaban J connectivity index is 1.20. The average molecular weight is 506 g/mol. The summed E-state index contributed by atoms with van der Waals surface area (Å²) < 4.78 is 7.46. The lowest BCUT2D eigenvalue weighted by Gasteiger charge is -2.31. The zero-order valence-electron chi connectivity index (χ0n) is 20.7. The topological polar surface area (TPSA) is 96.7 Å². The van der Waals surface area contributed by atoms with E-state index in [1.807, 2.05) is 66.7 Å². The molecule has 0 bridgehead atoms. The lowest BCUT2D eigenvalue weighted by Crippen LogP contribution is -2.43. The molecule has 190 valence electrons. The third kappa shape index (κ3) is 5.05. The molecule has 4 heterocycles. The molecule has 9 heteroatoms. The SMILES string of the molecule is O=C(Nc1ccccc1N1CCNCC1)c1ccn2ncc(-c3ccc(OCc4ccccc4)nc3)c2n1. The molecule has 0 atom stereocenters. The number of piperazine rings is 1. The fraction of sp³-hybridized carbons (Fsp3) is 0.172. The normalized spacial score (nSPS) is 13.4. The molecule has 0 unspecified atom stereocenters. The van der Waals surface area contributed by atoms with Crippen LogP contribution >= 0.6 is 0 Å². The highest BCUT2D eigenvalue weighted by Gasteiger charge is 2.18. The van der Waals surface area contributed by atoms with E-state index in [4.69, 9.17) is 4.74 Å². The van der Waals surface area contributed by atoms with Gasteiger partial charge in [-0.1, -0.05) is 42.5 Å². The van der Waals surface area contributed by atoms with Crippen molar-refractivity contribution in [1.82, 2.24) is 24.9 Å². The maximum atomic E-state index is 13.2. The molecule has 1 fully saturated rings. The molecule has 1 aliphatic rings. The first-order chi connectivity index (χ1) is 18.7. The summed E-state index contributed by atoms with van der Waals surface area (Å²) in [6.45, 7) is 4.06. The largest absolute Gasteiger partial charge is 0.473 e. The molecule has 1 amide bonds. The second-order valence-corrected chi connectivity index (χ2v) is 9.01. The van der Waals surface area contributed by atoms with Crippen molar-refractivity contribution in [2.75, 3.05) is 36.4 Å². The summed E-state index contributed by atoms with van der Waals surface area (Å²) in [4.78, 5) is 24.6. The van der Waals surface area contributed by atoms with Crippen LogP contribution in [0, 0.1) is 0 Å². The molecule has 5 aromatic rings. The monoisotopic (exact) mass is 505 g/mol. The van der Waals surface area contributed by atoms with E-state index in [1.54, 1.807) is 29.2 Å². The van der Waals surface area contributed by atoms with E-state index in [9.17, 15) is 4.79 Å². The van der Waals surface area contributed by atoms with Gasteiger partial charge in [0.2, 0.25) is 5.88 Å². The number of ether oxygens (including phenoxy) is 1. The van der Waals surface area contributed by atoms with Gasteiger partial charge in [0, 0.05) is 55.8 Å². The predicted octanol–water partition coefficient (Wildman–Crippen LogP) is 4.03. The number of pyridine rings is 1. The van der Waals surface area contributed by atoms with Crippen LogP contribution < -0.4 is 20.3 Å². The predicted molar refractivity (Wildman–Crippen MR) is 146 cm³/mol. The third-order valence-corrected chi connectivity index (χ3v) is 6.49. The first-order valence-electron chi connectivity index (χ1n) is 12.6. The molecule has 2 N–H and O–H groups in total. The molecule has 0 spiro atoms. The van der Waals surface area contributed by atoms with Crippen molar-refractivity contribution in [1.29, 1.82) is 0 Å². The van der Waals surface area contributed by atoms with Crippen LogP contribution in [0.3, 0.4) is 0 Å². The number of fused-ring (bicyclic) bond motifs is 1. The molecular formula is C29H27N7O2. The van der Waals surface area contributed by atoms with E-state index in [1.165, 1.54) is 0 Å². The minimum Gasteiger partial charge on any atom is -0.473 e. The molecule has 6 rings (SSSR count). The summed E-state index contributed by atoms with van der Waals surface area (Å²) in [5.74, 6) is 0.260. The summed E-state index contributed by atoms with van der Waals surface area (Å²) in [6.07, 6.45) is 5.20. The molecule has 3 aromatic heterocycles. The maximum Gasteiger partial charge on any atom is 0.274 e. The van der Waals surface area contributed by atoms with E-state index in [0.29, 0.717) is 23.8 Å². The molecule has 1 saturated heterocycles. The Morgan fingerprint density at radius 3 is 2.58 bits per heavy atom. The van der Waals surface area contributed by atoms with Crippen LogP contribution in [0.2, 0.25) is 0 Å². The van der Waals surface area contributed by atoms with Crippen molar-refractivity contribution < 1.29 is 9.53 Å². The number of nitrogens with zero attached hydrogens (tertiary/aromatic N) is 5. The van der Waals surface area contributed by atoms with Gasteiger partial charge in [0.1, 0.15) is 12.3 Å². The lowest BCUT2D eigenvalue weighted by atomic mass is 10.1. The minimum atomic E-state index is -0.273. The van der Waals surface area contributed by atoms with Crippen molar-refractivity contribution in [3.63, 3.8) is 0 Å². The third-order valence-electron chi connectivity index (χ3n) is 6.49. The van der Waals surface area contributed by atoms with Crippen LogP contribution in [0.15, 0.2) is 91.4 Å². The Morgan fingerprint density at radius 2 is 1.76 bits per heavy atom. The van der Waals surface area contributed by atoms with Gasteiger partial charge in [0.25, 0.3) is 5.91 Å². The molecule has 38 heavy (non-hydrogen) atoms. The van der Waals surface area contributed by atoms with E-state index in [2.05, 4.69) is 30.6 Å². The molecule has 2 aromatic carbocycles. The number of benzene rings is 2. The van der Waals surface area contributed by atoms with E-state index in [0.717, 1.165) is 54.2 Å². The van der Waals surface area contributed by atoms with Crippen LogP contribution in [0.1, 0.15) is 16.1 Å². The number of hydrogen-bond acceptors (Lipinski definition) is 7. The molecule has 0 saturated carbocycles. The van der Waals surface area contributed by atoms with Gasteiger partial charge in [-0.15, -0.1) is 0 Å². The Morgan fingerprint density at radius 1 is 0.947 bits per heavy atom. The van der Waals surface area contributed by atoms with Crippen LogP contribution in [0.25, 0.3) is 16.8 Å². The quantitative estimate of drug-likeness (QED) is 0.345. The first kappa shape index (κ1) is 23.6. The molecule has 0 aliphatic carbocycles. The number of para-hydroxylation sites is 2. The number of carbonyl (C=O) groups is 1. The number of rotatable bonds is 7. The van der Waals surface area contributed by atoms with Gasteiger partial charge in [-0.25, -0.2) is 14.5 Å². The summed E-state index contributed by atoms with van der Waals surface area (Å²) in [5.41, 5.74) is 5.35. The van der Waals surface area contributed by atoms with Crippen LogP contribution in [-0.4, -0.2) is 51.7 Å². The first-order valence-corrected chi connectivity index (χ1v) is 12.6. The van der Waals surface area contributed by atoms with Gasteiger partial charge in [0.15, 0.2) is 5.65 Å². The second-order valence-electron chi connectivity index (χ2n) is 9.01. The van der Waals surface area contributed by atoms with Crippen LogP contribution in [0.4, 0.5) is 11.4 Å². The summed E-state index contributed by atoms with van der Waals surface area (Å²) in [6, 6.07) is 23.2. The van der Waals surface area contributed by atoms with Gasteiger partial charge in [-0.2, -0.15) is 5.10 Å². The van der Waals surface area contributed by atoms with Gasteiger partial charge in [0.05, 0.1) is 17.6 Å².